The molecule has 0 saturated carbocycles. The molecule has 5 heteroatoms. The first kappa shape index (κ1) is 11.7. The maximum Gasteiger partial charge on any atom is 0.226 e. The lowest BCUT2D eigenvalue weighted by molar-refractivity contribution is -0.120. The molecule has 83 valence electrons. The molecule has 0 aliphatic carbocycles. The Hall–Kier alpha value is -1.36. The summed E-state index contributed by atoms with van der Waals surface area (Å²) in [6, 6.07) is 2.97. The zero-order valence-corrected chi connectivity index (χ0v) is 9.42. The maximum absolute atomic E-state index is 11.4. The third kappa shape index (κ3) is 4.60. The van der Waals surface area contributed by atoms with E-state index in [0.717, 1.165) is 17.9 Å². The Morgan fingerprint density at radius 1 is 1.60 bits per heavy atom. The minimum atomic E-state index is -0.00301. The van der Waals surface area contributed by atoms with Crippen LogP contribution in [0, 0.1) is 13.0 Å². The Morgan fingerprint density at radius 2 is 2.33 bits per heavy atom. The van der Waals surface area contributed by atoms with Crippen LogP contribution in [0.5, 0.6) is 0 Å². The number of likely N-dealkylation sites (N-methyl/N-ethyl adjacent to an activating group) is 1. The van der Waals surface area contributed by atoms with E-state index in [0.29, 0.717) is 13.0 Å². The van der Waals surface area contributed by atoms with Crippen molar-refractivity contribution in [2.24, 2.45) is 0 Å². The van der Waals surface area contributed by atoms with Crippen LogP contribution in [-0.4, -0.2) is 48.2 Å². The highest BCUT2D eigenvalue weighted by Crippen LogP contribution is 1.96. The molecule has 1 heterocycles. The number of nitrogens with one attached hydrogen (secondary N) is 2. The van der Waals surface area contributed by atoms with Crippen molar-refractivity contribution in [1.82, 2.24) is 20.4 Å². The number of carbonyl (C=O) groups excluding carboxylic acids is 1. The number of H-pyrrole nitrogens is 1. The van der Waals surface area contributed by atoms with E-state index in [4.69, 9.17) is 0 Å². The highest BCUT2D eigenvalue weighted by molar-refractivity contribution is 5.77. The van der Waals surface area contributed by atoms with Gasteiger partial charge in [0.25, 0.3) is 0 Å². The third-order valence-corrected chi connectivity index (χ3v) is 1.91. The molecule has 0 spiro atoms. The number of hydrogen-bond donors (Lipinski definition) is 2. The van der Waals surface area contributed by atoms with Gasteiger partial charge in [-0.1, -0.05) is 0 Å². The summed E-state index contributed by atoms with van der Waals surface area (Å²) in [4.78, 5) is 13.4. The zero-order valence-electron chi connectivity index (χ0n) is 9.42. The predicted octanol–water partition coefficient (Wildman–Crippen LogP) is -0.261. The molecule has 0 unspecified atom stereocenters. The van der Waals surface area contributed by atoms with Crippen molar-refractivity contribution in [1.29, 1.82) is 0 Å². The monoisotopic (exact) mass is 209 g/mol. The minimum Gasteiger partial charge on any atom is -0.354 e. The molecule has 15 heavy (non-hydrogen) atoms. The Labute approximate surface area is 89.9 Å². The average Bonchev–Trinajstić information content (AvgIpc) is 2.50. The van der Waals surface area contributed by atoms with Crippen molar-refractivity contribution in [3.63, 3.8) is 0 Å². The number of rotatable bonds is 5. The molecule has 1 radical (unpaired) electrons. The fourth-order valence-corrected chi connectivity index (χ4v) is 1.15. The summed E-state index contributed by atoms with van der Waals surface area (Å²) in [5, 5.41) is 9.49. The standard InChI is InChI=1S/C10H17N4O/c1-8-6-9(13-12-8)7-10(15)11-4-5-14(2)3/h4-5,7H2,1-3H3,(H,11,15)(H,12,13). The van der Waals surface area contributed by atoms with E-state index >= 15 is 0 Å². The molecule has 2 N–H and O–H groups in total. The van der Waals surface area contributed by atoms with Crippen molar-refractivity contribution >= 4 is 5.91 Å². The predicted molar refractivity (Wildman–Crippen MR) is 57.4 cm³/mol. The molecule has 0 fully saturated rings. The van der Waals surface area contributed by atoms with Crippen molar-refractivity contribution in [3.05, 3.63) is 17.5 Å². The van der Waals surface area contributed by atoms with Gasteiger partial charge in [-0.3, -0.25) is 9.89 Å². The third-order valence-electron chi connectivity index (χ3n) is 1.91. The summed E-state index contributed by atoms with van der Waals surface area (Å²) in [6.07, 6.45) is 0.314. The Morgan fingerprint density at radius 3 is 2.87 bits per heavy atom. The van der Waals surface area contributed by atoms with Crippen LogP contribution in [0.4, 0.5) is 0 Å². The van der Waals surface area contributed by atoms with Crippen molar-refractivity contribution < 1.29 is 4.79 Å². The summed E-state index contributed by atoms with van der Waals surface area (Å²) >= 11 is 0. The SMILES string of the molecule is Cc1[c]c(CC(=O)NCCN(C)C)[nH]n1. The van der Waals surface area contributed by atoms with Gasteiger partial charge in [-0.05, 0) is 21.0 Å². The van der Waals surface area contributed by atoms with E-state index in [9.17, 15) is 4.79 Å². The lowest BCUT2D eigenvalue weighted by atomic mass is 10.3. The van der Waals surface area contributed by atoms with Crippen LogP contribution in [0.1, 0.15) is 11.4 Å². The molecule has 1 aromatic rings. The van der Waals surface area contributed by atoms with Gasteiger partial charge in [0.15, 0.2) is 0 Å². The molecule has 0 aliphatic heterocycles. The van der Waals surface area contributed by atoms with Crippen molar-refractivity contribution in [2.75, 3.05) is 27.2 Å². The fraction of sp³-hybridized carbons (Fsp3) is 0.600. The van der Waals surface area contributed by atoms with Crippen LogP contribution in [-0.2, 0) is 11.2 Å². The Kier molecular flexibility index (Phi) is 4.30. The average molecular weight is 209 g/mol. The smallest absolute Gasteiger partial charge is 0.226 e. The molecule has 1 rings (SSSR count). The lowest BCUT2D eigenvalue weighted by Crippen LogP contribution is -2.32. The maximum atomic E-state index is 11.4. The van der Waals surface area contributed by atoms with Gasteiger partial charge < -0.3 is 10.2 Å². The van der Waals surface area contributed by atoms with E-state index in [1.165, 1.54) is 0 Å². The summed E-state index contributed by atoms with van der Waals surface area (Å²) in [6.45, 7) is 3.35. The van der Waals surface area contributed by atoms with Gasteiger partial charge in [0.2, 0.25) is 5.91 Å². The number of hydrogen-bond acceptors (Lipinski definition) is 3. The largest absolute Gasteiger partial charge is 0.354 e. The minimum absolute atomic E-state index is 0.00301. The molecule has 0 aliphatic rings. The number of aromatic nitrogens is 2. The van der Waals surface area contributed by atoms with Crippen LogP contribution in [0.3, 0.4) is 0 Å². The lowest BCUT2D eigenvalue weighted by Gasteiger charge is -2.09. The number of carbonyl (C=O) groups is 1. The first-order valence-electron chi connectivity index (χ1n) is 4.92. The van der Waals surface area contributed by atoms with Gasteiger partial charge in [0, 0.05) is 19.2 Å². The molecule has 1 amide bonds. The van der Waals surface area contributed by atoms with Gasteiger partial charge in [-0.25, -0.2) is 0 Å². The topological polar surface area (TPSA) is 61.0 Å². The quantitative estimate of drug-likeness (QED) is 0.702. The van der Waals surface area contributed by atoms with E-state index in [-0.39, 0.29) is 5.91 Å². The van der Waals surface area contributed by atoms with Crippen molar-refractivity contribution in [2.45, 2.75) is 13.3 Å². The van der Waals surface area contributed by atoms with Crippen LogP contribution in [0.25, 0.3) is 0 Å². The number of aryl methyl sites for hydroxylation is 1. The molecule has 0 saturated heterocycles. The first-order valence-corrected chi connectivity index (χ1v) is 4.92. The molecule has 0 aromatic carbocycles. The molecule has 0 atom stereocenters. The van der Waals surface area contributed by atoms with E-state index < -0.39 is 0 Å². The fourth-order valence-electron chi connectivity index (χ4n) is 1.15. The van der Waals surface area contributed by atoms with Crippen LogP contribution in [0.2, 0.25) is 0 Å². The summed E-state index contributed by atoms with van der Waals surface area (Å²) in [7, 11) is 3.94. The van der Waals surface area contributed by atoms with E-state index in [1.807, 2.05) is 25.9 Å². The zero-order chi connectivity index (χ0) is 11.3. The summed E-state index contributed by atoms with van der Waals surface area (Å²) in [5.41, 5.74) is 1.51. The molecule has 5 nitrogen and oxygen atoms in total. The van der Waals surface area contributed by atoms with Crippen LogP contribution >= 0.6 is 0 Å². The Bertz CT molecular complexity index is 319. The van der Waals surface area contributed by atoms with Gasteiger partial charge in [0.1, 0.15) is 0 Å². The van der Waals surface area contributed by atoms with Crippen LogP contribution in [0.15, 0.2) is 0 Å². The van der Waals surface area contributed by atoms with Gasteiger partial charge in [0.05, 0.1) is 17.8 Å². The van der Waals surface area contributed by atoms with E-state index in [1.54, 1.807) is 0 Å². The molecule has 0 bridgehead atoms. The first-order chi connectivity index (χ1) is 7.08. The van der Waals surface area contributed by atoms with Crippen molar-refractivity contribution in [3.8, 4) is 0 Å². The highest BCUT2D eigenvalue weighted by atomic mass is 16.1. The number of aromatic amines is 1. The van der Waals surface area contributed by atoms with Gasteiger partial charge in [-0.2, -0.15) is 5.10 Å². The second kappa shape index (κ2) is 5.50. The second-order valence-corrected chi connectivity index (χ2v) is 3.74. The molecular formula is C10H17N4O. The second-order valence-electron chi connectivity index (χ2n) is 3.74. The van der Waals surface area contributed by atoms with Gasteiger partial charge >= 0.3 is 0 Å². The van der Waals surface area contributed by atoms with E-state index in [2.05, 4.69) is 21.6 Å². The highest BCUT2D eigenvalue weighted by Gasteiger charge is 2.05. The summed E-state index contributed by atoms with van der Waals surface area (Å²) < 4.78 is 0. The number of amides is 1. The summed E-state index contributed by atoms with van der Waals surface area (Å²) in [5.74, 6) is -0.00301. The van der Waals surface area contributed by atoms with Crippen LogP contribution < -0.4 is 5.32 Å². The van der Waals surface area contributed by atoms with Gasteiger partial charge in [-0.15, -0.1) is 0 Å². The normalized spacial score (nSPS) is 10.7. The molecule has 1 aromatic heterocycles. The number of nitrogens with zero attached hydrogens (tertiary/aromatic N) is 2. The molecular weight excluding hydrogens is 192 g/mol. The Balaban J connectivity index is 2.24.